The number of benzene rings is 1. The van der Waals surface area contributed by atoms with E-state index in [0.29, 0.717) is 5.56 Å². The molecule has 0 aliphatic carbocycles. The second-order valence-corrected chi connectivity index (χ2v) is 2.30. The van der Waals surface area contributed by atoms with Gasteiger partial charge in [-0.2, -0.15) is 0 Å². The van der Waals surface area contributed by atoms with Crippen LogP contribution in [0.25, 0.3) is 5.76 Å². The summed E-state index contributed by atoms with van der Waals surface area (Å²) in [7, 11) is 0. The van der Waals surface area contributed by atoms with Gasteiger partial charge >= 0.3 is 0 Å². The molecule has 0 unspecified atom stereocenters. The molecular weight excluding hydrogens is 140 g/mol. The average molecular weight is 150 g/mol. The number of hydrogen-bond acceptors (Lipinski definition) is 2. The van der Waals surface area contributed by atoms with Gasteiger partial charge in [-0.25, -0.2) is 0 Å². The molecule has 1 aromatic carbocycles. The summed E-state index contributed by atoms with van der Waals surface area (Å²) in [4.78, 5) is 0. The van der Waals surface area contributed by atoms with Crippen molar-refractivity contribution in [2.24, 2.45) is 0 Å². The predicted octanol–water partition coefficient (Wildman–Crippen LogP) is 2.49. The van der Waals surface area contributed by atoms with Crippen LogP contribution < -0.4 is 0 Å². The number of hydrogen-bond donors (Lipinski definition) is 2. The van der Waals surface area contributed by atoms with Crippen molar-refractivity contribution >= 4 is 5.76 Å². The predicted molar refractivity (Wildman–Crippen MR) is 44.3 cm³/mol. The number of rotatable bonds is 1. The van der Waals surface area contributed by atoms with Crippen molar-refractivity contribution in [3.8, 4) is 0 Å². The van der Waals surface area contributed by atoms with Crippen LogP contribution in [0, 0.1) is 0 Å². The molecule has 0 bridgehead atoms. The molecule has 0 heterocycles. The van der Waals surface area contributed by atoms with Crippen LogP contribution in [-0.4, -0.2) is 10.2 Å². The average Bonchev–Trinajstić information content (AvgIpc) is 2.05. The van der Waals surface area contributed by atoms with Gasteiger partial charge in [0.1, 0.15) is 5.76 Å². The summed E-state index contributed by atoms with van der Waals surface area (Å²) >= 11 is 0. The van der Waals surface area contributed by atoms with Gasteiger partial charge in [0.05, 0.1) is 0 Å². The first-order valence-electron chi connectivity index (χ1n) is 3.36. The first kappa shape index (κ1) is 7.66. The normalized spacial score (nSPS) is 12.5. The molecule has 2 N–H and O–H groups in total. The second kappa shape index (κ2) is 3.10. The highest BCUT2D eigenvalue weighted by Crippen LogP contribution is 2.12. The molecule has 11 heavy (non-hydrogen) atoms. The second-order valence-electron chi connectivity index (χ2n) is 2.30. The Kier molecular flexibility index (Phi) is 2.16. The van der Waals surface area contributed by atoms with Gasteiger partial charge < -0.3 is 10.2 Å². The zero-order chi connectivity index (χ0) is 8.27. The molecule has 0 spiro atoms. The molecule has 0 amide bonds. The smallest absolute Gasteiger partial charge is 0.160 e. The monoisotopic (exact) mass is 150 g/mol. The van der Waals surface area contributed by atoms with E-state index in [1.54, 1.807) is 24.3 Å². The Balaban J connectivity index is 3.04. The zero-order valence-electron chi connectivity index (χ0n) is 6.28. The Morgan fingerprint density at radius 2 is 1.64 bits per heavy atom. The van der Waals surface area contributed by atoms with E-state index in [1.807, 2.05) is 6.07 Å². The molecule has 58 valence electrons. The Morgan fingerprint density at radius 1 is 1.09 bits per heavy atom. The van der Waals surface area contributed by atoms with Crippen LogP contribution in [-0.2, 0) is 0 Å². The molecular formula is C9H10O2. The van der Waals surface area contributed by atoms with Gasteiger partial charge in [-0.15, -0.1) is 0 Å². The van der Waals surface area contributed by atoms with Crippen LogP contribution in [0.3, 0.4) is 0 Å². The summed E-state index contributed by atoms with van der Waals surface area (Å²) in [5.41, 5.74) is 0.632. The lowest BCUT2D eigenvalue weighted by molar-refractivity contribution is 0.383. The quantitative estimate of drug-likeness (QED) is 0.604. The van der Waals surface area contributed by atoms with E-state index in [4.69, 9.17) is 5.11 Å². The Morgan fingerprint density at radius 3 is 2.09 bits per heavy atom. The van der Waals surface area contributed by atoms with Crippen LogP contribution in [0.15, 0.2) is 36.1 Å². The van der Waals surface area contributed by atoms with Crippen molar-refractivity contribution in [3.05, 3.63) is 41.7 Å². The number of aliphatic hydroxyl groups excluding tert-OH is 2. The SMILES string of the molecule is C/C(O)=C(/O)c1ccccc1. The molecule has 2 nitrogen and oxygen atoms in total. The van der Waals surface area contributed by atoms with E-state index in [9.17, 15) is 5.11 Å². The Bertz CT molecular complexity index is 258. The summed E-state index contributed by atoms with van der Waals surface area (Å²) < 4.78 is 0. The van der Waals surface area contributed by atoms with E-state index in [-0.39, 0.29) is 11.5 Å². The fourth-order valence-electron chi connectivity index (χ4n) is 0.805. The van der Waals surface area contributed by atoms with Crippen LogP contribution in [0.2, 0.25) is 0 Å². The van der Waals surface area contributed by atoms with Crippen molar-refractivity contribution in [2.45, 2.75) is 6.92 Å². The van der Waals surface area contributed by atoms with Crippen molar-refractivity contribution in [3.63, 3.8) is 0 Å². The minimum absolute atomic E-state index is 0.0591. The minimum Gasteiger partial charge on any atom is -0.509 e. The minimum atomic E-state index is -0.0643. The van der Waals surface area contributed by atoms with E-state index in [0.717, 1.165) is 0 Å². The fraction of sp³-hybridized carbons (Fsp3) is 0.111. The van der Waals surface area contributed by atoms with Gasteiger partial charge in [-0.3, -0.25) is 0 Å². The van der Waals surface area contributed by atoms with Crippen molar-refractivity contribution in [1.29, 1.82) is 0 Å². The largest absolute Gasteiger partial charge is 0.509 e. The molecule has 1 rings (SSSR count). The highest BCUT2D eigenvalue weighted by molar-refractivity contribution is 5.59. The molecule has 0 aromatic heterocycles. The molecule has 0 saturated heterocycles. The third kappa shape index (κ3) is 1.74. The van der Waals surface area contributed by atoms with Gasteiger partial charge in [-0.1, -0.05) is 30.3 Å². The highest BCUT2D eigenvalue weighted by Gasteiger charge is 1.99. The Hall–Kier alpha value is -1.44. The maximum atomic E-state index is 9.23. The maximum Gasteiger partial charge on any atom is 0.160 e. The lowest BCUT2D eigenvalue weighted by atomic mass is 10.2. The third-order valence-electron chi connectivity index (χ3n) is 1.39. The summed E-state index contributed by atoms with van der Waals surface area (Å²) in [6.07, 6.45) is 0. The lowest BCUT2D eigenvalue weighted by Gasteiger charge is -1.99. The first-order valence-corrected chi connectivity index (χ1v) is 3.36. The van der Waals surface area contributed by atoms with Crippen LogP contribution >= 0.6 is 0 Å². The van der Waals surface area contributed by atoms with Crippen molar-refractivity contribution < 1.29 is 10.2 Å². The van der Waals surface area contributed by atoms with Gasteiger partial charge in [0.2, 0.25) is 0 Å². The van der Waals surface area contributed by atoms with E-state index in [2.05, 4.69) is 0 Å². The van der Waals surface area contributed by atoms with E-state index >= 15 is 0 Å². The van der Waals surface area contributed by atoms with Crippen molar-refractivity contribution in [2.75, 3.05) is 0 Å². The molecule has 0 radical (unpaired) electrons. The van der Waals surface area contributed by atoms with Crippen LogP contribution in [0.5, 0.6) is 0 Å². The van der Waals surface area contributed by atoms with E-state index in [1.165, 1.54) is 6.92 Å². The summed E-state index contributed by atoms with van der Waals surface area (Å²) in [5, 5.41) is 18.1. The lowest BCUT2D eigenvalue weighted by Crippen LogP contribution is -1.85. The summed E-state index contributed by atoms with van der Waals surface area (Å²) in [6.45, 7) is 1.45. The van der Waals surface area contributed by atoms with Crippen molar-refractivity contribution in [1.82, 2.24) is 0 Å². The van der Waals surface area contributed by atoms with E-state index < -0.39 is 0 Å². The first-order chi connectivity index (χ1) is 5.22. The topological polar surface area (TPSA) is 40.5 Å². The summed E-state index contributed by atoms with van der Waals surface area (Å²) in [6, 6.07) is 8.91. The fourth-order valence-corrected chi connectivity index (χ4v) is 0.805. The van der Waals surface area contributed by atoms with Gasteiger partial charge in [0.25, 0.3) is 0 Å². The van der Waals surface area contributed by atoms with Gasteiger partial charge in [0, 0.05) is 5.56 Å². The molecule has 2 heteroatoms. The van der Waals surface area contributed by atoms with Gasteiger partial charge in [-0.05, 0) is 6.92 Å². The van der Waals surface area contributed by atoms with Gasteiger partial charge in [0.15, 0.2) is 5.76 Å². The number of aliphatic hydroxyl groups is 2. The standard InChI is InChI=1S/C9H10O2/c1-7(10)9(11)8-5-3-2-4-6-8/h2-6,10-11H,1H3/b9-7-. The maximum absolute atomic E-state index is 9.23. The van der Waals surface area contributed by atoms with Crippen LogP contribution in [0.1, 0.15) is 12.5 Å². The highest BCUT2D eigenvalue weighted by atomic mass is 16.3. The van der Waals surface area contributed by atoms with Crippen LogP contribution in [0.4, 0.5) is 0 Å². The molecule has 1 aromatic rings. The Labute approximate surface area is 65.4 Å². The molecule has 0 fully saturated rings. The molecule has 0 aliphatic rings. The third-order valence-corrected chi connectivity index (χ3v) is 1.39. The molecule has 0 saturated carbocycles. The summed E-state index contributed by atoms with van der Waals surface area (Å²) in [5.74, 6) is -0.123. The number of allylic oxidation sites excluding steroid dienone is 1. The molecule has 0 atom stereocenters. The molecule has 0 aliphatic heterocycles. The zero-order valence-corrected chi connectivity index (χ0v) is 6.28.